The number of nitrogens with one attached hydrogen (secondary N) is 1. The van der Waals surface area contributed by atoms with Crippen molar-refractivity contribution in [1.29, 1.82) is 0 Å². The zero-order valence-corrected chi connectivity index (χ0v) is 16.7. The van der Waals surface area contributed by atoms with Gasteiger partial charge in [-0.2, -0.15) is 5.10 Å². The van der Waals surface area contributed by atoms with Gasteiger partial charge in [0, 0.05) is 18.5 Å². The second-order valence-corrected chi connectivity index (χ2v) is 9.72. The maximum absolute atomic E-state index is 12.8. The Morgan fingerprint density at radius 3 is 2.67 bits per heavy atom. The third-order valence-corrected chi connectivity index (χ3v) is 6.79. The minimum atomic E-state index is -3.14. The Bertz CT molecular complexity index is 906. The molecule has 27 heavy (non-hydrogen) atoms. The number of carbonyl (C=O) groups is 2. The average molecular weight is 391 g/mol. The van der Waals surface area contributed by atoms with Gasteiger partial charge in [0.1, 0.15) is 5.71 Å². The number of benzene rings is 1. The Morgan fingerprint density at radius 2 is 2.04 bits per heavy atom. The average Bonchev–Trinajstić information content (AvgIpc) is 2.96. The van der Waals surface area contributed by atoms with Gasteiger partial charge in [0.15, 0.2) is 9.84 Å². The number of nitrogens with zero attached hydrogens (tertiary/aromatic N) is 2. The molecule has 0 aromatic heterocycles. The summed E-state index contributed by atoms with van der Waals surface area (Å²) in [5.41, 5.74) is 3.03. The van der Waals surface area contributed by atoms with Gasteiger partial charge in [-0.05, 0) is 30.4 Å². The third-order valence-electron chi connectivity index (χ3n) is 5.04. The molecule has 0 unspecified atom stereocenters. The van der Waals surface area contributed by atoms with Gasteiger partial charge in [-0.3, -0.25) is 9.59 Å². The van der Waals surface area contributed by atoms with Gasteiger partial charge in [0.05, 0.1) is 17.5 Å². The summed E-state index contributed by atoms with van der Waals surface area (Å²) in [5, 5.41) is 8.39. The molecule has 0 radical (unpaired) electrons. The van der Waals surface area contributed by atoms with Crippen LogP contribution in [-0.4, -0.2) is 48.5 Å². The highest BCUT2D eigenvalue weighted by molar-refractivity contribution is 7.91. The van der Waals surface area contributed by atoms with Crippen molar-refractivity contribution >= 4 is 33.1 Å². The Balaban J connectivity index is 1.83. The monoisotopic (exact) mass is 391 g/mol. The number of rotatable bonds is 4. The third kappa shape index (κ3) is 4.21. The van der Waals surface area contributed by atoms with Crippen molar-refractivity contribution in [2.75, 3.05) is 16.8 Å². The van der Waals surface area contributed by atoms with Crippen molar-refractivity contribution in [3.63, 3.8) is 0 Å². The van der Waals surface area contributed by atoms with E-state index in [-0.39, 0.29) is 47.8 Å². The first-order valence-corrected chi connectivity index (χ1v) is 11.0. The molecule has 1 aromatic carbocycles. The van der Waals surface area contributed by atoms with Crippen LogP contribution in [0.1, 0.15) is 50.2 Å². The van der Waals surface area contributed by atoms with Crippen LogP contribution in [0.25, 0.3) is 0 Å². The summed E-state index contributed by atoms with van der Waals surface area (Å²) in [5.74, 6) is -0.362. The summed E-state index contributed by atoms with van der Waals surface area (Å²) < 4.78 is 23.4. The molecule has 1 N–H and O–H groups in total. The first-order chi connectivity index (χ1) is 12.7. The van der Waals surface area contributed by atoms with Crippen molar-refractivity contribution in [2.24, 2.45) is 5.10 Å². The number of aryl methyl sites for hydroxylation is 1. The van der Waals surface area contributed by atoms with Gasteiger partial charge in [0.2, 0.25) is 5.91 Å². The van der Waals surface area contributed by atoms with Gasteiger partial charge in [-0.15, -0.1) is 0 Å². The van der Waals surface area contributed by atoms with Gasteiger partial charge >= 0.3 is 0 Å². The highest BCUT2D eigenvalue weighted by Crippen LogP contribution is 2.28. The molecule has 2 amide bonds. The van der Waals surface area contributed by atoms with Crippen molar-refractivity contribution in [1.82, 2.24) is 5.01 Å². The molecule has 2 aliphatic heterocycles. The van der Waals surface area contributed by atoms with Crippen LogP contribution < -0.4 is 5.32 Å². The van der Waals surface area contributed by atoms with Crippen LogP contribution in [0.3, 0.4) is 0 Å². The zero-order valence-electron chi connectivity index (χ0n) is 15.9. The van der Waals surface area contributed by atoms with Crippen LogP contribution in [0.5, 0.6) is 0 Å². The Labute approximate surface area is 159 Å². The lowest BCUT2D eigenvalue weighted by Gasteiger charge is -2.27. The number of amides is 2. The van der Waals surface area contributed by atoms with E-state index < -0.39 is 15.9 Å². The van der Waals surface area contributed by atoms with Crippen molar-refractivity contribution in [2.45, 2.75) is 52.0 Å². The Morgan fingerprint density at radius 1 is 1.30 bits per heavy atom. The minimum absolute atomic E-state index is 0.0550. The van der Waals surface area contributed by atoms with Crippen LogP contribution in [0.4, 0.5) is 5.69 Å². The minimum Gasteiger partial charge on any atom is -0.320 e. The summed E-state index contributed by atoms with van der Waals surface area (Å²) in [6.45, 7) is 6.05. The molecule has 1 atom stereocenters. The molecule has 146 valence electrons. The van der Waals surface area contributed by atoms with E-state index in [0.29, 0.717) is 6.42 Å². The lowest BCUT2D eigenvalue weighted by Crippen LogP contribution is -2.42. The van der Waals surface area contributed by atoms with Gasteiger partial charge < -0.3 is 5.32 Å². The lowest BCUT2D eigenvalue weighted by molar-refractivity contribution is -0.133. The van der Waals surface area contributed by atoms with E-state index in [1.165, 1.54) is 5.01 Å². The molecule has 2 heterocycles. The summed E-state index contributed by atoms with van der Waals surface area (Å²) in [4.78, 5) is 25.0. The number of hydrogen-bond acceptors (Lipinski definition) is 5. The summed E-state index contributed by atoms with van der Waals surface area (Å²) in [6, 6.07) is 5.40. The van der Waals surface area contributed by atoms with Gasteiger partial charge in [-0.25, -0.2) is 13.4 Å². The predicted molar refractivity (Wildman–Crippen MR) is 104 cm³/mol. The predicted octanol–water partition coefficient (Wildman–Crippen LogP) is 2.22. The number of anilines is 1. The zero-order chi connectivity index (χ0) is 19.8. The fraction of sp³-hybridized carbons (Fsp3) is 0.526. The molecule has 0 saturated carbocycles. The van der Waals surface area contributed by atoms with Crippen LogP contribution in [0, 0.1) is 6.92 Å². The molecule has 2 aliphatic rings. The van der Waals surface area contributed by atoms with Crippen molar-refractivity contribution in [3.05, 3.63) is 29.3 Å². The van der Waals surface area contributed by atoms with E-state index in [1.807, 2.05) is 25.1 Å². The molecule has 1 saturated heterocycles. The number of hydrazone groups is 1. The lowest BCUT2D eigenvalue weighted by atomic mass is 9.98. The standard InChI is InChI=1S/C19H25N3O4S/c1-12(2)15-6-4-5-13(3)18(15)20-19(24)16-7-8-17(23)22(21-16)14-9-10-27(25,26)11-14/h4-6,12,14H,7-11H2,1-3H3,(H,20,24)/t14-/m1/s1. The SMILES string of the molecule is Cc1cccc(C(C)C)c1NC(=O)C1=NN([C@@H]2CCS(=O)(=O)C2)C(=O)CC1. The molecule has 0 bridgehead atoms. The largest absolute Gasteiger partial charge is 0.320 e. The molecular weight excluding hydrogens is 366 g/mol. The molecule has 1 aromatic rings. The smallest absolute Gasteiger partial charge is 0.271 e. The number of sulfone groups is 1. The number of para-hydroxylation sites is 1. The quantitative estimate of drug-likeness (QED) is 0.851. The van der Waals surface area contributed by atoms with E-state index in [4.69, 9.17) is 0 Å². The van der Waals surface area contributed by atoms with Crippen LogP contribution in [0.15, 0.2) is 23.3 Å². The second-order valence-electron chi connectivity index (χ2n) is 7.49. The highest BCUT2D eigenvalue weighted by atomic mass is 32.2. The molecule has 0 spiro atoms. The number of carbonyl (C=O) groups excluding carboxylic acids is 2. The molecule has 7 nitrogen and oxygen atoms in total. The first-order valence-electron chi connectivity index (χ1n) is 9.19. The molecule has 1 fully saturated rings. The number of hydrogen-bond donors (Lipinski definition) is 1. The fourth-order valence-electron chi connectivity index (χ4n) is 3.52. The highest BCUT2D eigenvalue weighted by Gasteiger charge is 2.37. The van der Waals surface area contributed by atoms with Crippen LogP contribution >= 0.6 is 0 Å². The van der Waals surface area contributed by atoms with Crippen LogP contribution in [-0.2, 0) is 19.4 Å². The molecular formula is C19H25N3O4S. The maximum Gasteiger partial charge on any atom is 0.271 e. The van der Waals surface area contributed by atoms with E-state index >= 15 is 0 Å². The fourth-order valence-corrected chi connectivity index (χ4v) is 5.21. The molecule has 8 heteroatoms. The second kappa shape index (κ2) is 7.42. The summed E-state index contributed by atoms with van der Waals surface area (Å²) in [7, 11) is -3.14. The maximum atomic E-state index is 12.8. The van der Waals surface area contributed by atoms with E-state index in [1.54, 1.807) is 0 Å². The van der Waals surface area contributed by atoms with Crippen LogP contribution in [0.2, 0.25) is 0 Å². The van der Waals surface area contributed by atoms with E-state index in [9.17, 15) is 18.0 Å². The topological polar surface area (TPSA) is 95.9 Å². The van der Waals surface area contributed by atoms with Crippen molar-refractivity contribution < 1.29 is 18.0 Å². The van der Waals surface area contributed by atoms with Gasteiger partial charge in [0.25, 0.3) is 5.91 Å². The summed E-state index contributed by atoms with van der Waals surface area (Å²) in [6.07, 6.45) is 0.777. The van der Waals surface area contributed by atoms with E-state index in [2.05, 4.69) is 24.3 Å². The normalized spacial score (nSPS) is 22.1. The Hall–Kier alpha value is -2.22. The Kier molecular flexibility index (Phi) is 5.37. The van der Waals surface area contributed by atoms with E-state index in [0.717, 1.165) is 16.8 Å². The van der Waals surface area contributed by atoms with Gasteiger partial charge in [-0.1, -0.05) is 32.0 Å². The molecule has 3 rings (SSSR count). The first kappa shape index (κ1) is 19.5. The summed E-state index contributed by atoms with van der Waals surface area (Å²) >= 11 is 0. The molecule has 0 aliphatic carbocycles. The van der Waals surface area contributed by atoms with Crippen molar-refractivity contribution in [3.8, 4) is 0 Å².